The lowest BCUT2D eigenvalue weighted by Gasteiger charge is -2.14. The number of thiol groups is 1. The SMILES string of the molecule is N.O=[SH](=O)C1CCCCC1. The Morgan fingerprint density at radius 1 is 1.00 bits per heavy atom. The molecule has 3 nitrogen and oxygen atoms in total. The molecule has 1 aliphatic rings. The zero-order chi connectivity index (χ0) is 6.69. The third-order valence-electron chi connectivity index (χ3n) is 1.87. The van der Waals surface area contributed by atoms with Crippen LogP contribution in [0.4, 0.5) is 0 Å². The van der Waals surface area contributed by atoms with Gasteiger partial charge in [0.05, 0.1) is 5.25 Å². The van der Waals surface area contributed by atoms with E-state index in [1.165, 1.54) is 6.42 Å². The van der Waals surface area contributed by atoms with E-state index >= 15 is 0 Å². The molecule has 10 heavy (non-hydrogen) atoms. The van der Waals surface area contributed by atoms with Gasteiger partial charge in [-0.1, -0.05) is 19.3 Å². The molecule has 0 unspecified atom stereocenters. The minimum absolute atomic E-state index is 0. The Morgan fingerprint density at radius 2 is 1.50 bits per heavy atom. The smallest absolute Gasteiger partial charge is 0.143 e. The van der Waals surface area contributed by atoms with Crippen molar-refractivity contribution in [1.82, 2.24) is 6.15 Å². The summed E-state index contributed by atoms with van der Waals surface area (Å²) in [7, 11) is -2.12. The summed E-state index contributed by atoms with van der Waals surface area (Å²) in [4.78, 5) is 0. The van der Waals surface area contributed by atoms with Crippen molar-refractivity contribution >= 4 is 10.7 Å². The second-order valence-corrected chi connectivity index (χ2v) is 3.88. The van der Waals surface area contributed by atoms with Gasteiger partial charge in [-0.3, -0.25) is 0 Å². The fourth-order valence-corrected chi connectivity index (χ4v) is 2.08. The quantitative estimate of drug-likeness (QED) is 0.571. The fraction of sp³-hybridized carbons (Fsp3) is 1.00. The summed E-state index contributed by atoms with van der Waals surface area (Å²) in [6.45, 7) is 0. The zero-order valence-corrected chi connectivity index (χ0v) is 6.98. The Kier molecular flexibility index (Phi) is 4.64. The minimum Gasteiger partial charge on any atom is -0.344 e. The molecule has 0 aromatic carbocycles. The molecule has 0 aromatic heterocycles. The Hall–Kier alpha value is -0.0900. The van der Waals surface area contributed by atoms with Gasteiger partial charge in [-0.05, 0) is 12.8 Å². The van der Waals surface area contributed by atoms with Crippen molar-refractivity contribution in [1.29, 1.82) is 0 Å². The molecule has 0 aliphatic heterocycles. The van der Waals surface area contributed by atoms with E-state index in [4.69, 9.17) is 0 Å². The zero-order valence-electron chi connectivity index (χ0n) is 6.08. The maximum absolute atomic E-state index is 10.4. The molecule has 3 N–H and O–H groups in total. The summed E-state index contributed by atoms with van der Waals surface area (Å²) in [5.74, 6) is 0. The molecule has 1 fully saturated rings. The van der Waals surface area contributed by atoms with Gasteiger partial charge >= 0.3 is 0 Å². The predicted molar refractivity (Wildman–Crippen MR) is 42.2 cm³/mol. The van der Waals surface area contributed by atoms with Crippen LogP contribution in [-0.2, 0) is 10.7 Å². The Balaban J connectivity index is 0.000000810. The summed E-state index contributed by atoms with van der Waals surface area (Å²) in [5.41, 5.74) is 0. The molecular formula is C6H15NO2S. The summed E-state index contributed by atoms with van der Waals surface area (Å²) in [5, 5.41) is 0.00810. The molecule has 0 bridgehead atoms. The standard InChI is InChI=1S/C6H12O2S.H3N/c7-9(8)6-4-2-1-3-5-6;/h6,9H,1-5H2;1H3. The molecule has 0 aromatic rings. The summed E-state index contributed by atoms with van der Waals surface area (Å²) in [6, 6.07) is 0. The highest BCUT2D eigenvalue weighted by Gasteiger charge is 2.14. The van der Waals surface area contributed by atoms with E-state index in [2.05, 4.69) is 0 Å². The van der Waals surface area contributed by atoms with Gasteiger partial charge in [-0.2, -0.15) is 0 Å². The van der Waals surface area contributed by atoms with Gasteiger partial charge in [0.1, 0.15) is 10.7 Å². The summed E-state index contributed by atoms with van der Waals surface area (Å²) < 4.78 is 20.8. The molecule has 0 atom stereocenters. The van der Waals surface area contributed by atoms with Crippen LogP contribution in [0.25, 0.3) is 0 Å². The molecule has 4 heteroatoms. The number of hydrogen-bond acceptors (Lipinski definition) is 3. The van der Waals surface area contributed by atoms with Gasteiger partial charge in [0, 0.05) is 0 Å². The van der Waals surface area contributed by atoms with Crippen LogP contribution < -0.4 is 6.15 Å². The number of hydrogen-bond donors (Lipinski definition) is 2. The van der Waals surface area contributed by atoms with E-state index in [9.17, 15) is 8.42 Å². The van der Waals surface area contributed by atoms with Crippen LogP contribution in [0.1, 0.15) is 32.1 Å². The van der Waals surface area contributed by atoms with Gasteiger partial charge in [0.25, 0.3) is 0 Å². The third-order valence-corrected chi connectivity index (χ3v) is 2.99. The molecule has 0 amide bonds. The lowest BCUT2D eigenvalue weighted by molar-refractivity contribution is 0.492. The average molecular weight is 165 g/mol. The molecule has 1 rings (SSSR count). The van der Waals surface area contributed by atoms with Gasteiger partial charge in [0.2, 0.25) is 0 Å². The van der Waals surface area contributed by atoms with E-state index in [0.29, 0.717) is 0 Å². The third kappa shape index (κ3) is 2.66. The van der Waals surface area contributed by atoms with Gasteiger partial charge in [-0.15, -0.1) is 0 Å². The molecule has 0 heterocycles. The van der Waals surface area contributed by atoms with Crippen molar-refractivity contribution in [2.24, 2.45) is 0 Å². The first kappa shape index (κ1) is 9.91. The van der Waals surface area contributed by atoms with Crippen molar-refractivity contribution in [3.63, 3.8) is 0 Å². The minimum atomic E-state index is -2.12. The monoisotopic (exact) mass is 165 g/mol. The molecular weight excluding hydrogens is 150 g/mol. The first-order valence-corrected chi connectivity index (χ1v) is 4.69. The Labute approximate surface area is 63.4 Å². The second-order valence-electron chi connectivity index (χ2n) is 2.58. The van der Waals surface area contributed by atoms with Crippen LogP contribution in [0, 0.1) is 0 Å². The fourth-order valence-electron chi connectivity index (χ4n) is 1.29. The van der Waals surface area contributed by atoms with Crippen molar-refractivity contribution in [3.8, 4) is 0 Å². The van der Waals surface area contributed by atoms with E-state index in [0.717, 1.165) is 25.7 Å². The van der Waals surface area contributed by atoms with E-state index < -0.39 is 10.7 Å². The lowest BCUT2D eigenvalue weighted by atomic mass is 10.0. The highest BCUT2D eigenvalue weighted by Crippen LogP contribution is 2.19. The Morgan fingerprint density at radius 3 is 1.80 bits per heavy atom. The van der Waals surface area contributed by atoms with Gasteiger partial charge in [0.15, 0.2) is 0 Å². The maximum atomic E-state index is 10.4. The van der Waals surface area contributed by atoms with Crippen LogP contribution in [0.5, 0.6) is 0 Å². The maximum Gasteiger partial charge on any atom is 0.143 e. The number of rotatable bonds is 1. The first-order valence-electron chi connectivity index (χ1n) is 3.44. The van der Waals surface area contributed by atoms with Crippen molar-refractivity contribution < 1.29 is 8.42 Å². The molecule has 0 saturated heterocycles. The molecule has 1 saturated carbocycles. The van der Waals surface area contributed by atoms with Crippen LogP contribution >= 0.6 is 0 Å². The van der Waals surface area contributed by atoms with E-state index in [-0.39, 0.29) is 11.4 Å². The van der Waals surface area contributed by atoms with Crippen LogP contribution in [0.2, 0.25) is 0 Å². The summed E-state index contributed by atoms with van der Waals surface area (Å²) >= 11 is 0. The lowest BCUT2D eigenvalue weighted by Crippen LogP contribution is -2.13. The largest absolute Gasteiger partial charge is 0.344 e. The highest BCUT2D eigenvalue weighted by atomic mass is 32.2. The molecule has 0 radical (unpaired) electrons. The predicted octanol–water partition coefficient (Wildman–Crippen LogP) is 1.09. The van der Waals surface area contributed by atoms with Crippen molar-refractivity contribution in [2.75, 3.05) is 0 Å². The van der Waals surface area contributed by atoms with Crippen molar-refractivity contribution in [2.45, 2.75) is 37.4 Å². The van der Waals surface area contributed by atoms with Crippen LogP contribution in [0.3, 0.4) is 0 Å². The first-order chi connectivity index (χ1) is 4.30. The van der Waals surface area contributed by atoms with Crippen LogP contribution in [-0.4, -0.2) is 13.7 Å². The molecule has 62 valence electrons. The average Bonchev–Trinajstić information content (AvgIpc) is 1.90. The van der Waals surface area contributed by atoms with Crippen LogP contribution in [0.15, 0.2) is 0 Å². The van der Waals surface area contributed by atoms with Gasteiger partial charge < -0.3 is 6.15 Å². The highest BCUT2D eigenvalue weighted by molar-refractivity contribution is 7.73. The van der Waals surface area contributed by atoms with Gasteiger partial charge in [-0.25, -0.2) is 8.42 Å². The van der Waals surface area contributed by atoms with Crippen molar-refractivity contribution in [3.05, 3.63) is 0 Å². The normalized spacial score (nSPS) is 20.5. The summed E-state index contributed by atoms with van der Waals surface area (Å²) in [6.07, 6.45) is 5.24. The molecule has 0 spiro atoms. The Bertz CT molecular complexity index is 142. The topological polar surface area (TPSA) is 69.1 Å². The van der Waals surface area contributed by atoms with E-state index in [1.54, 1.807) is 0 Å². The van der Waals surface area contributed by atoms with E-state index in [1.807, 2.05) is 0 Å². The molecule has 1 aliphatic carbocycles. The second kappa shape index (κ2) is 4.68.